The molecule has 4 amide bonds. The number of benzene rings is 1. The number of carbonyl (C=O) groups excluding carboxylic acids is 4. The molecule has 0 radical (unpaired) electrons. The molecule has 0 aromatic heterocycles. The molecule has 0 bridgehead atoms. The van der Waals surface area contributed by atoms with Crippen LogP contribution in [0.3, 0.4) is 0 Å². The van der Waals surface area contributed by atoms with Crippen LogP contribution in [0.4, 0.5) is 11.4 Å². The number of rotatable bonds is 6. The first kappa shape index (κ1) is 16.7. The summed E-state index contributed by atoms with van der Waals surface area (Å²) in [6.07, 6.45) is 1.11. The first-order valence-electron chi connectivity index (χ1n) is 7.47. The van der Waals surface area contributed by atoms with E-state index in [1.165, 1.54) is 11.8 Å². The summed E-state index contributed by atoms with van der Waals surface area (Å²) < 4.78 is 0. The van der Waals surface area contributed by atoms with Crippen LogP contribution in [0, 0.1) is 0 Å². The maximum Gasteiger partial charge on any atom is 0.229 e. The summed E-state index contributed by atoms with van der Waals surface area (Å²) in [4.78, 5) is 47.2. The van der Waals surface area contributed by atoms with E-state index in [1.807, 2.05) is 0 Å². The van der Waals surface area contributed by atoms with Gasteiger partial charge in [0.1, 0.15) is 0 Å². The van der Waals surface area contributed by atoms with E-state index in [2.05, 4.69) is 10.6 Å². The van der Waals surface area contributed by atoms with Gasteiger partial charge in [-0.15, -0.1) is 0 Å². The number of amides is 4. The number of para-hydroxylation sites is 2. The molecule has 0 unspecified atom stereocenters. The van der Waals surface area contributed by atoms with Crippen LogP contribution >= 0.6 is 0 Å². The number of hydrogen-bond donors (Lipinski definition) is 2. The van der Waals surface area contributed by atoms with E-state index < -0.39 is 0 Å². The van der Waals surface area contributed by atoms with Gasteiger partial charge in [-0.05, 0) is 18.6 Å². The Labute approximate surface area is 134 Å². The lowest BCUT2D eigenvalue weighted by Crippen LogP contribution is -2.30. The summed E-state index contributed by atoms with van der Waals surface area (Å²) >= 11 is 0. The second kappa shape index (κ2) is 7.53. The van der Waals surface area contributed by atoms with Gasteiger partial charge >= 0.3 is 0 Å². The second-order valence-corrected chi connectivity index (χ2v) is 5.32. The van der Waals surface area contributed by atoms with Gasteiger partial charge in [-0.3, -0.25) is 24.1 Å². The van der Waals surface area contributed by atoms with Crippen molar-refractivity contribution in [2.75, 3.05) is 17.2 Å². The molecule has 1 saturated heterocycles. The van der Waals surface area contributed by atoms with E-state index in [0.29, 0.717) is 17.8 Å². The molecule has 1 aromatic carbocycles. The fourth-order valence-electron chi connectivity index (χ4n) is 2.37. The summed E-state index contributed by atoms with van der Waals surface area (Å²) in [5, 5.41) is 5.36. The van der Waals surface area contributed by atoms with Crippen LogP contribution < -0.4 is 10.6 Å². The highest BCUT2D eigenvalue weighted by Crippen LogP contribution is 2.21. The maximum absolute atomic E-state index is 12.0. The number of nitrogens with one attached hydrogen (secondary N) is 2. The Balaban J connectivity index is 1.84. The first-order chi connectivity index (χ1) is 11.0. The van der Waals surface area contributed by atoms with Crippen LogP contribution in [0.1, 0.15) is 32.6 Å². The van der Waals surface area contributed by atoms with Gasteiger partial charge in [0.25, 0.3) is 0 Å². The van der Waals surface area contributed by atoms with E-state index in [0.717, 1.165) is 0 Å². The minimum atomic E-state index is -0.234. The predicted octanol–water partition coefficient (Wildman–Crippen LogP) is 1.51. The first-order valence-corrected chi connectivity index (χ1v) is 7.47. The average molecular weight is 317 g/mol. The normalized spacial score (nSPS) is 14.0. The molecule has 1 heterocycles. The summed E-state index contributed by atoms with van der Waals surface area (Å²) in [6, 6.07) is 6.89. The quantitative estimate of drug-likeness (QED) is 0.777. The lowest BCUT2D eigenvalue weighted by atomic mass is 10.2. The Kier molecular flexibility index (Phi) is 5.46. The zero-order valence-corrected chi connectivity index (χ0v) is 12.9. The van der Waals surface area contributed by atoms with Crippen molar-refractivity contribution in [3.63, 3.8) is 0 Å². The molecule has 7 heteroatoms. The van der Waals surface area contributed by atoms with E-state index in [1.54, 1.807) is 24.3 Å². The number of anilines is 2. The van der Waals surface area contributed by atoms with Gasteiger partial charge in [-0.1, -0.05) is 12.1 Å². The van der Waals surface area contributed by atoms with Crippen LogP contribution in [0.2, 0.25) is 0 Å². The largest absolute Gasteiger partial charge is 0.325 e. The molecule has 0 aliphatic carbocycles. The van der Waals surface area contributed by atoms with Crippen molar-refractivity contribution in [1.82, 2.24) is 4.90 Å². The van der Waals surface area contributed by atoms with E-state index in [4.69, 9.17) is 0 Å². The minimum absolute atomic E-state index is 0.175. The van der Waals surface area contributed by atoms with Crippen molar-refractivity contribution in [3.05, 3.63) is 24.3 Å². The molecule has 1 aliphatic rings. The summed E-state index contributed by atoms with van der Waals surface area (Å²) in [6.45, 7) is 1.65. The van der Waals surface area contributed by atoms with Gasteiger partial charge in [0.15, 0.2) is 0 Å². The number of imide groups is 1. The molecular weight excluding hydrogens is 298 g/mol. The Morgan fingerprint density at radius 2 is 1.61 bits per heavy atom. The third kappa shape index (κ3) is 4.64. The molecule has 1 aromatic rings. The monoisotopic (exact) mass is 317 g/mol. The lowest BCUT2D eigenvalue weighted by molar-refractivity contribution is -0.138. The van der Waals surface area contributed by atoms with Crippen molar-refractivity contribution in [3.8, 4) is 0 Å². The molecule has 2 rings (SSSR count). The van der Waals surface area contributed by atoms with Crippen LogP contribution in [-0.4, -0.2) is 35.1 Å². The molecule has 0 spiro atoms. The van der Waals surface area contributed by atoms with Gasteiger partial charge < -0.3 is 10.6 Å². The number of carbonyl (C=O) groups is 4. The topological polar surface area (TPSA) is 95.6 Å². The summed E-state index contributed by atoms with van der Waals surface area (Å²) in [5.41, 5.74) is 1.04. The van der Waals surface area contributed by atoms with Crippen LogP contribution in [0.25, 0.3) is 0 Å². The van der Waals surface area contributed by atoms with Crippen LogP contribution in [-0.2, 0) is 19.2 Å². The van der Waals surface area contributed by atoms with Crippen molar-refractivity contribution in [1.29, 1.82) is 0 Å². The Hall–Kier alpha value is -2.70. The van der Waals surface area contributed by atoms with Crippen molar-refractivity contribution < 1.29 is 19.2 Å². The predicted molar refractivity (Wildman–Crippen MR) is 84.6 cm³/mol. The molecule has 122 valence electrons. The molecule has 23 heavy (non-hydrogen) atoms. The van der Waals surface area contributed by atoms with Gasteiger partial charge in [0, 0.05) is 32.7 Å². The lowest BCUT2D eigenvalue weighted by Gasteiger charge is -2.14. The molecule has 1 fully saturated rings. The second-order valence-electron chi connectivity index (χ2n) is 5.32. The standard InChI is InChI=1S/C16H19N3O4/c1-11(20)17-12-5-2-3-6-13(12)18-14(21)7-4-10-19-15(22)8-9-16(19)23/h2-3,5-6H,4,7-10H2,1H3,(H,17,20)(H,18,21). The molecular formula is C16H19N3O4. The van der Waals surface area contributed by atoms with Crippen molar-refractivity contribution in [2.45, 2.75) is 32.6 Å². The third-order valence-corrected chi connectivity index (χ3v) is 3.45. The summed E-state index contributed by atoms with van der Waals surface area (Å²) in [7, 11) is 0. The number of likely N-dealkylation sites (tertiary alicyclic amines) is 1. The van der Waals surface area contributed by atoms with Crippen molar-refractivity contribution in [2.24, 2.45) is 0 Å². The fourth-order valence-corrected chi connectivity index (χ4v) is 2.37. The molecule has 7 nitrogen and oxygen atoms in total. The summed E-state index contributed by atoms with van der Waals surface area (Å²) in [5.74, 6) is -0.808. The zero-order chi connectivity index (χ0) is 16.8. The molecule has 1 aliphatic heterocycles. The zero-order valence-electron chi connectivity index (χ0n) is 12.9. The smallest absolute Gasteiger partial charge is 0.229 e. The number of hydrogen-bond acceptors (Lipinski definition) is 4. The van der Waals surface area contributed by atoms with Gasteiger partial charge in [0.05, 0.1) is 11.4 Å². The van der Waals surface area contributed by atoms with Crippen LogP contribution in [0.5, 0.6) is 0 Å². The SMILES string of the molecule is CC(=O)Nc1ccccc1NC(=O)CCCN1C(=O)CCC1=O. The van der Waals surface area contributed by atoms with Crippen molar-refractivity contribution >= 4 is 35.0 Å². The molecule has 2 N–H and O–H groups in total. The molecule has 0 saturated carbocycles. The van der Waals surface area contributed by atoms with E-state index in [9.17, 15) is 19.2 Å². The fraction of sp³-hybridized carbons (Fsp3) is 0.375. The van der Waals surface area contributed by atoms with Gasteiger partial charge in [-0.25, -0.2) is 0 Å². The Bertz CT molecular complexity index is 626. The van der Waals surface area contributed by atoms with Gasteiger partial charge in [-0.2, -0.15) is 0 Å². The highest BCUT2D eigenvalue weighted by molar-refractivity contribution is 6.02. The average Bonchev–Trinajstić information content (AvgIpc) is 2.80. The Morgan fingerprint density at radius 3 is 2.17 bits per heavy atom. The Morgan fingerprint density at radius 1 is 1.04 bits per heavy atom. The number of nitrogens with zero attached hydrogens (tertiary/aromatic N) is 1. The maximum atomic E-state index is 12.0. The highest BCUT2D eigenvalue weighted by Gasteiger charge is 2.28. The van der Waals surface area contributed by atoms with Crippen LogP contribution in [0.15, 0.2) is 24.3 Å². The highest BCUT2D eigenvalue weighted by atomic mass is 16.2. The third-order valence-electron chi connectivity index (χ3n) is 3.45. The van der Waals surface area contributed by atoms with Gasteiger partial charge in [0.2, 0.25) is 23.6 Å². The van der Waals surface area contributed by atoms with E-state index >= 15 is 0 Å². The minimum Gasteiger partial charge on any atom is -0.325 e. The van der Waals surface area contributed by atoms with E-state index in [-0.39, 0.29) is 49.4 Å². The molecule has 0 atom stereocenters.